The van der Waals surface area contributed by atoms with E-state index in [2.05, 4.69) is 21.2 Å². The lowest BCUT2D eigenvalue weighted by Gasteiger charge is -2.22. The third-order valence-corrected chi connectivity index (χ3v) is 4.16. The fourth-order valence-electron chi connectivity index (χ4n) is 1.84. The standard InChI is InChI=1S/C13H15BrClNO3/c1-13(18-6-7-19-13)4-5-16-12(17)9-2-3-11(15)10(14)8-9/h2-3,8H,4-7H2,1H3,(H,16,17). The van der Waals surface area contributed by atoms with Crippen LogP contribution in [0.25, 0.3) is 0 Å². The molecule has 0 bridgehead atoms. The van der Waals surface area contributed by atoms with Gasteiger partial charge in [-0.3, -0.25) is 4.79 Å². The summed E-state index contributed by atoms with van der Waals surface area (Å²) in [5, 5.41) is 3.42. The number of nitrogens with one attached hydrogen (secondary N) is 1. The van der Waals surface area contributed by atoms with Crippen LogP contribution < -0.4 is 5.32 Å². The van der Waals surface area contributed by atoms with Gasteiger partial charge >= 0.3 is 0 Å². The Morgan fingerprint density at radius 2 is 2.16 bits per heavy atom. The second kappa shape index (κ2) is 6.22. The largest absolute Gasteiger partial charge is 0.352 e. The minimum Gasteiger partial charge on any atom is -0.352 e. The van der Waals surface area contributed by atoms with Crippen LogP contribution >= 0.6 is 27.5 Å². The van der Waals surface area contributed by atoms with Crippen LogP contribution in [0.2, 0.25) is 5.02 Å². The molecular formula is C13H15BrClNO3. The highest BCUT2D eigenvalue weighted by Gasteiger charge is 2.30. The molecule has 4 nitrogen and oxygen atoms in total. The number of carbonyl (C=O) groups is 1. The Morgan fingerprint density at radius 1 is 1.47 bits per heavy atom. The van der Waals surface area contributed by atoms with Crippen molar-refractivity contribution in [3.63, 3.8) is 0 Å². The normalized spacial score (nSPS) is 17.4. The summed E-state index contributed by atoms with van der Waals surface area (Å²) in [7, 11) is 0. The highest BCUT2D eigenvalue weighted by Crippen LogP contribution is 2.24. The van der Waals surface area contributed by atoms with E-state index in [0.29, 0.717) is 41.2 Å². The van der Waals surface area contributed by atoms with Crippen molar-refractivity contribution >= 4 is 33.4 Å². The van der Waals surface area contributed by atoms with Crippen LogP contribution in [0, 0.1) is 0 Å². The first-order chi connectivity index (χ1) is 9.00. The number of hydrogen-bond donors (Lipinski definition) is 1. The van der Waals surface area contributed by atoms with Gasteiger partial charge in [-0.25, -0.2) is 0 Å². The molecule has 19 heavy (non-hydrogen) atoms. The second-order valence-electron chi connectivity index (χ2n) is 4.47. The van der Waals surface area contributed by atoms with Crippen LogP contribution in [0.3, 0.4) is 0 Å². The molecule has 0 radical (unpaired) electrons. The number of rotatable bonds is 4. The molecule has 1 aliphatic rings. The molecule has 0 saturated carbocycles. The molecule has 0 atom stereocenters. The lowest BCUT2D eigenvalue weighted by Crippen LogP contribution is -2.33. The smallest absolute Gasteiger partial charge is 0.251 e. The lowest BCUT2D eigenvalue weighted by molar-refractivity contribution is -0.145. The van der Waals surface area contributed by atoms with E-state index in [0.717, 1.165) is 0 Å². The first-order valence-electron chi connectivity index (χ1n) is 6.01. The topological polar surface area (TPSA) is 47.6 Å². The second-order valence-corrected chi connectivity index (χ2v) is 5.73. The summed E-state index contributed by atoms with van der Waals surface area (Å²) in [5.74, 6) is -0.715. The van der Waals surface area contributed by atoms with E-state index < -0.39 is 5.79 Å². The van der Waals surface area contributed by atoms with E-state index in [4.69, 9.17) is 21.1 Å². The molecule has 1 N–H and O–H groups in total. The Labute approximate surface area is 125 Å². The number of benzene rings is 1. The van der Waals surface area contributed by atoms with Gasteiger partial charge in [-0.15, -0.1) is 0 Å². The van der Waals surface area contributed by atoms with Crippen molar-refractivity contribution in [2.45, 2.75) is 19.1 Å². The summed E-state index contributed by atoms with van der Waals surface area (Å²) in [5.41, 5.74) is 0.565. The highest BCUT2D eigenvalue weighted by molar-refractivity contribution is 9.10. The summed E-state index contributed by atoms with van der Waals surface area (Å²) >= 11 is 9.18. The fraction of sp³-hybridized carbons (Fsp3) is 0.462. The van der Waals surface area contributed by atoms with Crippen molar-refractivity contribution in [3.05, 3.63) is 33.3 Å². The van der Waals surface area contributed by atoms with Gasteiger partial charge in [-0.2, -0.15) is 0 Å². The highest BCUT2D eigenvalue weighted by atomic mass is 79.9. The van der Waals surface area contributed by atoms with E-state index in [1.54, 1.807) is 18.2 Å². The van der Waals surface area contributed by atoms with Crippen molar-refractivity contribution in [1.29, 1.82) is 0 Å². The zero-order valence-electron chi connectivity index (χ0n) is 10.5. The molecule has 1 aromatic rings. The van der Waals surface area contributed by atoms with Crippen LogP contribution in [-0.2, 0) is 9.47 Å². The van der Waals surface area contributed by atoms with Crippen molar-refractivity contribution in [2.75, 3.05) is 19.8 Å². The number of amides is 1. The predicted octanol–water partition coefficient (Wildman–Crippen LogP) is 2.99. The number of hydrogen-bond acceptors (Lipinski definition) is 3. The first-order valence-corrected chi connectivity index (χ1v) is 7.18. The van der Waals surface area contributed by atoms with Crippen LogP contribution in [0.5, 0.6) is 0 Å². The molecule has 0 aliphatic carbocycles. The van der Waals surface area contributed by atoms with Crippen LogP contribution in [-0.4, -0.2) is 31.5 Å². The Balaban J connectivity index is 1.85. The third-order valence-electron chi connectivity index (χ3n) is 2.94. The van der Waals surface area contributed by atoms with Crippen LogP contribution in [0.1, 0.15) is 23.7 Å². The predicted molar refractivity (Wildman–Crippen MR) is 76.4 cm³/mol. The zero-order valence-corrected chi connectivity index (χ0v) is 12.9. The van der Waals surface area contributed by atoms with E-state index in [9.17, 15) is 4.79 Å². The Kier molecular flexibility index (Phi) is 4.84. The van der Waals surface area contributed by atoms with E-state index >= 15 is 0 Å². The molecular weight excluding hydrogens is 334 g/mol. The molecule has 0 aromatic heterocycles. The van der Waals surface area contributed by atoms with Crippen LogP contribution in [0.15, 0.2) is 22.7 Å². The van der Waals surface area contributed by atoms with Gasteiger partial charge in [0.1, 0.15) is 0 Å². The molecule has 0 spiro atoms. The summed E-state index contributed by atoms with van der Waals surface area (Å²) in [6.45, 7) is 3.59. The number of ether oxygens (including phenoxy) is 2. The molecule has 1 aliphatic heterocycles. The number of carbonyl (C=O) groups excluding carboxylic acids is 1. The molecule has 1 amide bonds. The molecule has 1 aromatic carbocycles. The first kappa shape index (κ1) is 14.8. The molecule has 2 rings (SSSR count). The van der Waals surface area contributed by atoms with Gasteiger partial charge in [0.15, 0.2) is 5.79 Å². The maximum Gasteiger partial charge on any atom is 0.251 e. The minimum atomic E-state index is -0.576. The summed E-state index contributed by atoms with van der Waals surface area (Å²) in [6.07, 6.45) is 0.619. The number of halogens is 2. The van der Waals surface area contributed by atoms with Gasteiger partial charge < -0.3 is 14.8 Å². The molecule has 104 valence electrons. The van der Waals surface area contributed by atoms with E-state index in [1.807, 2.05) is 6.92 Å². The average Bonchev–Trinajstić information content (AvgIpc) is 2.79. The van der Waals surface area contributed by atoms with Gasteiger partial charge in [0.05, 0.1) is 18.2 Å². The molecule has 1 fully saturated rings. The molecule has 6 heteroatoms. The van der Waals surface area contributed by atoms with Crippen molar-refractivity contribution < 1.29 is 14.3 Å². The zero-order chi connectivity index (χ0) is 13.9. The maximum atomic E-state index is 11.9. The fourth-order valence-corrected chi connectivity index (χ4v) is 2.34. The van der Waals surface area contributed by atoms with Gasteiger partial charge in [0.2, 0.25) is 0 Å². The Bertz CT molecular complexity index is 475. The minimum absolute atomic E-state index is 0.140. The third kappa shape index (κ3) is 3.92. The summed E-state index contributed by atoms with van der Waals surface area (Å²) in [4.78, 5) is 11.9. The van der Waals surface area contributed by atoms with Gasteiger partial charge in [0, 0.05) is 23.0 Å². The summed E-state index contributed by atoms with van der Waals surface area (Å²) < 4.78 is 11.6. The SMILES string of the molecule is CC1(CCNC(=O)c2ccc(Cl)c(Br)c2)OCCO1. The lowest BCUT2D eigenvalue weighted by atomic mass is 10.2. The maximum absolute atomic E-state index is 11.9. The van der Waals surface area contributed by atoms with Crippen molar-refractivity contribution in [2.24, 2.45) is 0 Å². The average molecular weight is 349 g/mol. The van der Waals surface area contributed by atoms with Gasteiger partial charge in [-0.05, 0) is 41.1 Å². The Hall–Kier alpha value is -0.620. The molecule has 0 unspecified atom stereocenters. The van der Waals surface area contributed by atoms with Gasteiger partial charge in [-0.1, -0.05) is 11.6 Å². The molecule has 1 heterocycles. The quantitative estimate of drug-likeness (QED) is 0.910. The van der Waals surface area contributed by atoms with E-state index in [1.165, 1.54) is 0 Å². The summed E-state index contributed by atoms with van der Waals surface area (Å²) in [6, 6.07) is 5.07. The van der Waals surface area contributed by atoms with E-state index in [-0.39, 0.29) is 5.91 Å². The van der Waals surface area contributed by atoms with Crippen molar-refractivity contribution in [1.82, 2.24) is 5.32 Å². The van der Waals surface area contributed by atoms with Gasteiger partial charge in [0.25, 0.3) is 5.91 Å². The molecule has 1 saturated heterocycles. The van der Waals surface area contributed by atoms with Crippen molar-refractivity contribution in [3.8, 4) is 0 Å². The van der Waals surface area contributed by atoms with Crippen LogP contribution in [0.4, 0.5) is 0 Å². The Morgan fingerprint density at radius 3 is 2.79 bits per heavy atom. The monoisotopic (exact) mass is 347 g/mol.